The molecule has 1 aromatic carbocycles. The number of carbonyl (C=O) groups is 1. The van der Waals surface area contributed by atoms with Crippen molar-refractivity contribution in [3.63, 3.8) is 0 Å². The van der Waals surface area contributed by atoms with Gasteiger partial charge >= 0.3 is 5.97 Å². The lowest BCUT2D eigenvalue weighted by Crippen LogP contribution is -2.29. The number of carboxylic acids is 1. The van der Waals surface area contributed by atoms with Gasteiger partial charge in [0.05, 0.1) is 11.6 Å². The number of hydrogen-bond acceptors (Lipinski definition) is 3. The Morgan fingerprint density at radius 1 is 1.56 bits per heavy atom. The summed E-state index contributed by atoms with van der Waals surface area (Å²) in [5.41, 5.74) is 6.66. The van der Waals surface area contributed by atoms with Crippen LogP contribution in [-0.4, -0.2) is 17.1 Å². The fourth-order valence-corrected chi connectivity index (χ4v) is 1.19. The fraction of sp³-hybridized carbons (Fsp3) is 0.167. The molecule has 0 spiro atoms. The first-order valence-corrected chi connectivity index (χ1v) is 4.79. The molecule has 82 valence electrons. The van der Waals surface area contributed by atoms with E-state index in [0.717, 1.165) is 5.56 Å². The molecule has 16 heavy (non-hydrogen) atoms. The molecule has 0 saturated carbocycles. The zero-order valence-electron chi connectivity index (χ0n) is 8.63. The fourth-order valence-electron chi connectivity index (χ4n) is 1.19. The largest absolute Gasteiger partial charge is 0.480 e. The second-order valence-corrected chi connectivity index (χ2v) is 3.28. The van der Waals surface area contributed by atoms with E-state index in [9.17, 15) is 4.79 Å². The van der Waals surface area contributed by atoms with Gasteiger partial charge in [-0.05, 0) is 18.1 Å². The second kappa shape index (κ2) is 5.69. The van der Waals surface area contributed by atoms with Crippen LogP contribution in [0.3, 0.4) is 0 Å². The molecule has 0 radical (unpaired) electrons. The molecule has 4 nitrogen and oxygen atoms in total. The van der Waals surface area contributed by atoms with E-state index in [1.54, 1.807) is 30.4 Å². The normalized spacial score (nSPS) is 12.2. The third kappa shape index (κ3) is 3.23. The van der Waals surface area contributed by atoms with Gasteiger partial charge in [0.15, 0.2) is 0 Å². The van der Waals surface area contributed by atoms with E-state index in [4.69, 9.17) is 16.1 Å². The molecule has 0 aliphatic rings. The number of nitriles is 1. The summed E-state index contributed by atoms with van der Waals surface area (Å²) in [7, 11) is 0. The summed E-state index contributed by atoms with van der Waals surface area (Å²) in [6.45, 7) is 0. The van der Waals surface area contributed by atoms with Crippen LogP contribution >= 0.6 is 0 Å². The number of benzene rings is 1. The maximum atomic E-state index is 10.5. The maximum absolute atomic E-state index is 10.5. The predicted molar refractivity (Wildman–Crippen MR) is 60.4 cm³/mol. The molecule has 0 aromatic heterocycles. The van der Waals surface area contributed by atoms with Crippen LogP contribution in [0.4, 0.5) is 0 Å². The van der Waals surface area contributed by atoms with Crippen LogP contribution in [0.5, 0.6) is 0 Å². The Morgan fingerprint density at radius 3 is 2.88 bits per heavy atom. The van der Waals surface area contributed by atoms with Crippen LogP contribution in [0, 0.1) is 11.3 Å². The van der Waals surface area contributed by atoms with E-state index in [1.807, 2.05) is 6.07 Å². The molecule has 0 aliphatic carbocycles. The number of hydrogen-bond donors (Lipinski definition) is 2. The van der Waals surface area contributed by atoms with E-state index in [1.165, 1.54) is 0 Å². The minimum absolute atomic E-state index is 0.245. The van der Waals surface area contributed by atoms with Gasteiger partial charge in [0.1, 0.15) is 6.04 Å². The van der Waals surface area contributed by atoms with Gasteiger partial charge in [0, 0.05) is 0 Å². The number of carboxylic acid groups (broad SMARTS) is 1. The Kier molecular flexibility index (Phi) is 4.25. The van der Waals surface area contributed by atoms with E-state index >= 15 is 0 Å². The monoisotopic (exact) mass is 216 g/mol. The van der Waals surface area contributed by atoms with Crippen LogP contribution < -0.4 is 5.73 Å². The van der Waals surface area contributed by atoms with E-state index < -0.39 is 12.0 Å². The molecule has 0 saturated heterocycles. The molecule has 0 heterocycles. The Morgan fingerprint density at radius 2 is 2.25 bits per heavy atom. The van der Waals surface area contributed by atoms with Crippen LogP contribution in [-0.2, 0) is 4.79 Å². The first-order valence-electron chi connectivity index (χ1n) is 4.79. The topological polar surface area (TPSA) is 87.1 Å². The maximum Gasteiger partial charge on any atom is 0.320 e. The van der Waals surface area contributed by atoms with Crippen molar-refractivity contribution in [2.75, 3.05) is 0 Å². The second-order valence-electron chi connectivity index (χ2n) is 3.28. The Bertz CT molecular complexity index is 447. The minimum atomic E-state index is -1.03. The van der Waals surface area contributed by atoms with E-state index in [-0.39, 0.29) is 6.42 Å². The standard InChI is InChI=1S/C12H12N2O2/c13-8-10-5-2-1-4-9(10)6-3-7-11(14)12(15)16/h1-6,11H,7,14H2,(H,15,16)/b6-3+/t11-/m0/s1. The van der Waals surface area contributed by atoms with Crippen molar-refractivity contribution < 1.29 is 9.90 Å². The van der Waals surface area contributed by atoms with Crippen molar-refractivity contribution in [3.05, 3.63) is 41.5 Å². The third-order valence-electron chi connectivity index (χ3n) is 2.09. The molecule has 3 N–H and O–H groups in total. The smallest absolute Gasteiger partial charge is 0.320 e. The van der Waals surface area contributed by atoms with Crippen LogP contribution in [0.15, 0.2) is 30.3 Å². The molecule has 0 aliphatic heterocycles. The molecule has 1 atom stereocenters. The van der Waals surface area contributed by atoms with Gasteiger partial charge in [-0.2, -0.15) is 5.26 Å². The van der Waals surface area contributed by atoms with E-state index in [0.29, 0.717) is 5.56 Å². The van der Waals surface area contributed by atoms with Gasteiger partial charge in [-0.3, -0.25) is 4.79 Å². The summed E-state index contributed by atoms with van der Waals surface area (Å²) < 4.78 is 0. The lowest BCUT2D eigenvalue weighted by Gasteiger charge is -2.01. The summed E-state index contributed by atoms with van der Waals surface area (Å²) >= 11 is 0. The van der Waals surface area contributed by atoms with Gasteiger partial charge in [-0.15, -0.1) is 0 Å². The highest BCUT2D eigenvalue weighted by atomic mass is 16.4. The van der Waals surface area contributed by atoms with Gasteiger partial charge in [0.25, 0.3) is 0 Å². The Labute approximate surface area is 93.6 Å². The van der Waals surface area contributed by atoms with Gasteiger partial charge < -0.3 is 10.8 Å². The van der Waals surface area contributed by atoms with Crippen molar-refractivity contribution in [2.45, 2.75) is 12.5 Å². The van der Waals surface area contributed by atoms with Gasteiger partial charge in [0.2, 0.25) is 0 Å². The summed E-state index contributed by atoms with van der Waals surface area (Å²) in [4.78, 5) is 10.5. The SMILES string of the molecule is N#Cc1ccccc1/C=C/C[C@H](N)C(=O)O. The summed E-state index contributed by atoms with van der Waals surface area (Å²) in [6.07, 6.45) is 3.62. The van der Waals surface area contributed by atoms with Crippen molar-refractivity contribution in [2.24, 2.45) is 5.73 Å². The first-order chi connectivity index (χ1) is 7.65. The first kappa shape index (κ1) is 12.0. The van der Waals surface area contributed by atoms with Crippen LogP contribution in [0.2, 0.25) is 0 Å². The number of nitrogens with zero attached hydrogens (tertiary/aromatic N) is 1. The average Bonchev–Trinajstić information content (AvgIpc) is 2.29. The number of rotatable bonds is 4. The number of aliphatic carboxylic acids is 1. The zero-order valence-corrected chi connectivity index (χ0v) is 8.63. The van der Waals surface area contributed by atoms with E-state index in [2.05, 4.69) is 6.07 Å². The van der Waals surface area contributed by atoms with Crippen molar-refractivity contribution >= 4 is 12.0 Å². The molecular weight excluding hydrogens is 204 g/mol. The molecule has 4 heteroatoms. The third-order valence-corrected chi connectivity index (χ3v) is 2.09. The average molecular weight is 216 g/mol. The molecule has 0 fully saturated rings. The lowest BCUT2D eigenvalue weighted by molar-refractivity contribution is -0.138. The zero-order chi connectivity index (χ0) is 12.0. The Hall–Kier alpha value is -2.12. The van der Waals surface area contributed by atoms with Crippen molar-refractivity contribution in [3.8, 4) is 6.07 Å². The van der Waals surface area contributed by atoms with Gasteiger partial charge in [-0.1, -0.05) is 30.4 Å². The molecular formula is C12H12N2O2. The highest BCUT2D eigenvalue weighted by molar-refractivity contribution is 5.73. The molecule has 0 bridgehead atoms. The molecule has 1 rings (SSSR count). The minimum Gasteiger partial charge on any atom is -0.480 e. The number of nitrogens with two attached hydrogens (primary N) is 1. The highest BCUT2D eigenvalue weighted by Gasteiger charge is 2.08. The quantitative estimate of drug-likeness (QED) is 0.795. The van der Waals surface area contributed by atoms with Crippen LogP contribution in [0.1, 0.15) is 17.5 Å². The summed E-state index contributed by atoms with van der Waals surface area (Å²) in [6, 6.07) is 8.25. The molecule has 0 unspecified atom stereocenters. The highest BCUT2D eigenvalue weighted by Crippen LogP contribution is 2.09. The predicted octanol–water partition coefficient (Wildman–Crippen LogP) is 1.37. The molecule has 1 aromatic rings. The Balaban J connectivity index is 2.70. The summed E-state index contributed by atoms with van der Waals surface area (Å²) in [5.74, 6) is -1.03. The van der Waals surface area contributed by atoms with Crippen molar-refractivity contribution in [1.82, 2.24) is 0 Å². The van der Waals surface area contributed by atoms with Gasteiger partial charge in [-0.25, -0.2) is 0 Å². The summed E-state index contributed by atoms with van der Waals surface area (Å²) in [5, 5.41) is 17.4. The van der Waals surface area contributed by atoms with Crippen LogP contribution in [0.25, 0.3) is 6.08 Å². The lowest BCUT2D eigenvalue weighted by atomic mass is 10.1. The molecule has 0 amide bonds. The van der Waals surface area contributed by atoms with Crippen molar-refractivity contribution in [1.29, 1.82) is 5.26 Å².